The van der Waals surface area contributed by atoms with Gasteiger partial charge in [-0.15, -0.1) is 0 Å². The Hall–Kier alpha value is -8.74. The fourth-order valence-electron chi connectivity index (χ4n) is 9.26. The average Bonchev–Trinajstić information content (AvgIpc) is 3.95. The molecule has 0 spiro atoms. The first kappa shape index (κ1) is 36.0. The van der Waals surface area contributed by atoms with Crippen LogP contribution >= 0.6 is 0 Å². The van der Waals surface area contributed by atoms with Gasteiger partial charge in [0.2, 0.25) is 5.89 Å². The summed E-state index contributed by atoms with van der Waals surface area (Å²) in [6.07, 6.45) is 0. The number of rotatable bonds is 6. The molecular weight excluding hydrogens is 785 g/mol. The van der Waals surface area contributed by atoms with E-state index in [1.54, 1.807) is 0 Å². The van der Waals surface area contributed by atoms with Gasteiger partial charge >= 0.3 is 0 Å². The fraction of sp³-hybridized carbons (Fsp3) is 0. The summed E-state index contributed by atoms with van der Waals surface area (Å²) in [6.45, 7) is 0. The molecule has 0 saturated carbocycles. The van der Waals surface area contributed by atoms with Crippen LogP contribution < -0.4 is 0 Å². The molecule has 0 N–H and O–H groups in total. The number of hydrogen-bond acceptors (Lipinski definition) is 6. The molecule has 3 aromatic heterocycles. The van der Waals surface area contributed by atoms with E-state index in [4.69, 9.17) is 28.8 Å². The number of fused-ring (bicyclic) bond motifs is 7. The van der Waals surface area contributed by atoms with Gasteiger partial charge in [-0.2, -0.15) is 0 Å². The van der Waals surface area contributed by atoms with Crippen LogP contribution in [0.2, 0.25) is 0 Å². The molecule has 6 heteroatoms. The third-order valence-corrected chi connectivity index (χ3v) is 12.4. The van der Waals surface area contributed by atoms with Crippen LogP contribution in [0.25, 0.3) is 133 Å². The summed E-state index contributed by atoms with van der Waals surface area (Å²) in [4.78, 5) is 20.2. The number of furan rings is 1. The van der Waals surface area contributed by atoms with E-state index in [0.29, 0.717) is 23.4 Å². The number of benzene rings is 10. The summed E-state index contributed by atoms with van der Waals surface area (Å²) in [5.74, 6) is 2.49. The van der Waals surface area contributed by atoms with Crippen LogP contribution in [0, 0.1) is 0 Å². The Morgan fingerprint density at radius 3 is 1.47 bits per heavy atom. The monoisotopic (exact) mass is 818 g/mol. The molecule has 0 aliphatic heterocycles. The van der Waals surface area contributed by atoms with E-state index in [-0.39, 0.29) is 0 Å². The fourth-order valence-corrected chi connectivity index (χ4v) is 9.26. The Kier molecular flexibility index (Phi) is 8.11. The third kappa shape index (κ3) is 5.96. The lowest BCUT2D eigenvalue weighted by Gasteiger charge is -2.13. The van der Waals surface area contributed by atoms with Gasteiger partial charge in [-0.3, -0.25) is 0 Å². The Morgan fingerprint density at radius 2 is 0.797 bits per heavy atom. The molecule has 0 unspecified atom stereocenters. The van der Waals surface area contributed by atoms with Crippen molar-refractivity contribution in [3.05, 3.63) is 206 Å². The number of aromatic nitrogens is 4. The van der Waals surface area contributed by atoms with Crippen molar-refractivity contribution < 1.29 is 8.83 Å². The van der Waals surface area contributed by atoms with Gasteiger partial charge in [-0.1, -0.05) is 170 Å². The van der Waals surface area contributed by atoms with Crippen molar-refractivity contribution in [3.63, 3.8) is 0 Å². The predicted octanol–water partition coefficient (Wildman–Crippen LogP) is 15.4. The zero-order valence-electron chi connectivity index (χ0n) is 34.2. The zero-order chi connectivity index (χ0) is 42.1. The molecule has 3 heterocycles. The quantitative estimate of drug-likeness (QED) is 0.166. The molecule has 0 saturated heterocycles. The van der Waals surface area contributed by atoms with Gasteiger partial charge in [0, 0.05) is 39.1 Å². The maximum absolute atomic E-state index is 6.37. The Morgan fingerprint density at radius 1 is 0.266 bits per heavy atom. The van der Waals surface area contributed by atoms with Crippen molar-refractivity contribution in [1.82, 2.24) is 19.9 Å². The number of hydrogen-bond donors (Lipinski definition) is 0. The molecule has 0 atom stereocenters. The predicted molar refractivity (Wildman–Crippen MR) is 260 cm³/mol. The van der Waals surface area contributed by atoms with E-state index >= 15 is 0 Å². The molecule has 10 aromatic carbocycles. The van der Waals surface area contributed by atoms with Gasteiger partial charge in [-0.05, 0) is 84.9 Å². The minimum Gasteiger partial charge on any atom is -0.456 e. The normalized spacial score (nSPS) is 11.8. The maximum Gasteiger partial charge on any atom is 0.227 e. The lowest BCUT2D eigenvalue weighted by molar-refractivity contribution is 0.620. The summed E-state index contributed by atoms with van der Waals surface area (Å²) in [7, 11) is 0. The summed E-state index contributed by atoms with van der Waals surface area (Å²) < 4.78 is 12.6. The minimum absolute atomic E-state index is 0.595. The Bertz CT molecular complexity index is 3860. The summed E-state index contributed by atoms with van der Waals surface area (Å²) in [6, 6.07) is 71.4. The third-order valence-electron chi connectivity index (χ3n) is 12.4. The van der Waals surface area contributed by atoms with Crippen molar-refractivity contribution in [3.8, 4) is 67.9 Å². The van der Waals surface area contributed by atoms with Crippen LogP contribution in [0.1, 0.15) is 0 Å². The van der Waals surface area contributed by atoms with Gasteiger partial charge in [0.15, 0.2) is 23.1 Å². The molecule has 13 aromatic rings. The highest BCUT2D eigenvalue weighted by atomic mass is 16.4. The Balaban J connectivity index is 0.890. The molecular formula is C58H34N4O2. The molecule has 0 bridgehead atoms. The second-order valence-corrected chi connectivity index (χ2v) is 16.2. The van der Waals surface area contributed by atoms with Crippen molar-refractivity contribution >= 4 is 65.4 Å². The van der Waals surface area contributed by atoms with E-state index in [1.807, 2.05) is 36.4 Å². The highest BCUT2D eigenvalue weighted by molar-refractivity contribution is 6.12. The van der Waals surface area contributed by atoms with Gasteiger partial charge < -0.3 is 8.83 Å². The van der Waals surface area contributed by atoms with Crippen LogP contribution in [-0.2, 0) is 0 Å². The van der Waals surface area contributed by atoms with Gasteiger partial charge in [0.25, 0.3) is 0 Å². The van der Waals surface area contributed by atoms with E-state index in [1.165, 1.54) is 10.8 Å². The summed E-state index contributed by atoms with van der Waals surface area (Å²) in [5.41, 5.74) is 11.4. The average molecular weight is 819 g/mol. The Labute approximate surface area is 366 Å². The second kappa shape index (κ2) is 14.4. The van der Waals surface area contributed by atoms with Crippen LogP contribution in [0.4, 0.5) is 0 Å². The van der Waals surface area contributed by atoms with Crippen LogP contribution in [-0.4, -0.2) is 19.9 Å². The first-order valence-corrected chi connectivity index (χ1v) is 21.4. The minimum atomic E-state index is 0.595. The molecule has 6 nitrogen and oxygen atoms in total. The van der Waals surface area contributed by atoms with E-state index in [0.717, 1.165) is 99.1 Å². The van der Waals surface area contributed by atoms with Crippen molar-refractivity contribution in [2.24, 2.45) is 0 Å². The van der Waals surface area contributed by atoms with Crippen molar-refractivity contribution in [2.45, 2.75) is 0 Å². The highest BCUT2D eigenvalue weighted by Crippen LogP contribution is 2.40. The van der Waals surface area contributed by atoms with Crippen molar-refractivity contribution in [2.75, 3.05) is 0 Å². The van der Waals surface area contributed by atoms with E-state index < -0.39 is 0 Å². The summed E-state index contributed by atoms with van der Waals surface area (Å²) in [5, 5.41) is 8.82. The largest absolute Gasteiger partial charge is 0.456 e. The van der Waals surface area contributed by atoms with Gasteiger partial charge in [-0.25, -0.2) is 19.9 Å². The maximum atomic E-state index is 6.37. The standard InChI is InChI=1S/C58H34N4O2/c1-2-14-39(15-3-1)58-59-51-34-53-50(33-54(51)64-58)49-32-40(28-31-52(49)63-53)44-30-29-43(45-20-8-9-21-46(44)45)37-24-26-38(27-25-37)55-60-56(47-22-10-16-35-12-4-6-18-41(35)47)62-57(61-55)48-23-11-17-36-13-5-7-19-42(36)48/h1-34H. The SMILES string of the molecule is c1ccc(-c2nc3cc4oc5ccc(-c6ccc(-c7ccc(-c8nc(-c9cccc%10ccccc9%10)nc(-c9cccc%10ccccc9%10)n8)cc7)c7ccccc67)cc5c4cc3o2)cc1. The zero-order valence-corrected chi connectivity index (χ0v) is 34.2. The molecule has 0 aliphatic carbocycles. The topological polar surface area (TPSA) is 77.8 Å². The van der Waals surface area contributed by atoms with Crippen LogP contribution in [0.5, 0.6) is 0 Å². The molecule has 64 heavy (non-hydrogen) atoms. The summed E-state index contributed by atoms with van der Waals surface area (Å²) >= 11 is 0. The smallest absolute Gasteiger partial charge is 0.227 e. The molecule has 0 aliphatic rings. The van der Waals surface area contributed by atoms with Crippen molar-refractivity contribution in [1.29, 1.82) is 0 Å². The first-order chi connectivity index (χ1) is 31.7. The second-order valence-electron chi connectivity index (χ2n) is 16.2. The molecule has 13 rings (SSSR count). The molecule has 0 amide bonds. The molecule has 0 radical (unpaired) electrons. The highest BCUT2D eigenvalue weighted by Gasteiger charge is 2.18. The number of nitrogens with zero attached hydrogens (tertiary/aromatic N) is 4. The lowest BCUT2D eigenvalue weighted by atomic mass is 9.91. The molecule has 0 fully saturated rings. The van der Waals surface area contributed by atoms with Crippen LogP contribution in [0.15, 0.2) is 215 Å². The number of oxazole rings is 1. The van der Waals surface area contributed by atoms with Gasteiger partial charge in [0.1, 0.15) is 16.7 Å². The first-order valence-electron chi connectivity index (χ1n) is 21.4. The van der Waals surface area contributed by atoms with Crippen LogP contribution in [0.3, 0.4) is 0 Å². The van der Waals surface area contributed by atoms with E-state index in [2.05, 4.69) is 170 Å². The van der Waals surface area contributed by atoms with Gasteiger partial charge in [0.05, 0.1) is 0 Å². The van der Waals surface area contributed by atoms with E-state index in [9.17, 15) is 0 Å². The lowest BCUT2D eigenvalue weighted by Crippen LogP contribution is -2.01. The molecule has 298 valence electrons.